The number of aryl methyl sites for hydroxylation is 2. The van der Waals surface area contributed by atoms with E-state index in [9.17, 15) is 9.59 Å². The molecule has 6 nitrogen and oxygen atoms in total. The number of carbonyl (C=O) groups is 1. The van der Waals surface area contributed by atoms with E-state index in [1.807, 2.05) is 75.4 Å². The van der Waals surface area contributed by atoms with Crippen molar-refractivity contribution in [1.82, 2.24) is 14.3 Å². The van der Waals surface area contributed by atoms with Crippen LogP contribution in [0.5, 0.6) is 0 Å². The smallest absolute Gasteiger partial charge is 0.295 e. The van der Waals surface area contributed by atoms with Crippen LogP contribution in [0.15, 0.2) is 59.4 Å². The van der Waals surface area contributed by atoms with E-state index in [0.29, 0.717) is 11.4 Å². The molecule has 2 aromatic carbocycles. The summed E-state index contributed by atoms with van der Waals surface area (Å²) in [7, 11) is 1.81. The van der Waals surface area contributed by atoms with Gasteiger partial charge in [-0.2, -0.15) is 0 Å². The van der Waals surface area contributed by atoms with Gasteiger partial charge in [0, 0.05) is 18.1 Å². The molecule has 0 bridgehead atoms. The first-order valence-electron chi connectivity index (χ1n) is 9.87. The molecule has 0 aliphatic rings. The number of fused-ring (bicyclic) bond motifs is 1. The standard InChI is InChI=1S/C24H24N4O2/c1-15-19-12-8-9-13-21(19)25-16(2)20(15)14-22(29)26-23-17(3)27(4)28(24(23)30)18-10-6-5-7-11-18/h5-13H,14H2,1-4H3,(H,26,29). The molecular formula is C24H24N4O2. The molecule has 1 N–H and O–H groups in total. The molecule has 4 aromatic rings. The first-order valence-corrected chi connectivity index (χ1v) is 9.87. The average molecular weight is 400 g/mol. The molecule has 2 heterocycles. The lowest BCUT2D eigenvalue weighted by molar-refractivity contribution is -0.115. The third-order valence-corrected chi connectivity index (χ3v) is 5.64. The highest BCUT2D eigenvalue weighted by atomic mass is 16.2. The topological polar surface area (TPSA) is 68.9 Å². The normalized spacial score (nSPS) is 11.1. The van der Waals surface area contributed by atoms with Crippen LogP contribution in [-0.4, -0.2) is 20.3 Å². The van der Waals surface area contributed by atoms with Gasteiger partial charge in [-0.05, 0) is 50.1 Å². The van der Waals surface area contributed by atoms with Gasteiger partial charge >= 0.3 is 0 Å². The molecular weight excluding hydrogens is 376 g/mol. The zero-order chi connectivity index (χ0) is 21.4. The van der Waals surface area contributed by atoms with Gasteiger partial charge in [-0.3, -0.25) is 19.3 Å². The van der Waals surface area contributed by atoms with Gasteiger partial charge < -0.3 is 5.32 Å². The maximum atomic E-state index is 13.0. The van der Waals surface area contributed by atoms with E-state index in [-0.39, 0.29) is 17.9 Å². The minimum Gasteiger partial charge on any atom is -0.320 e. The van der Waals surface area contributed by atoms with Crippen molar-refractivity contribution < 1.29 is 4.79 Å². The summed E-state index contributed by atoms with van der Waals surface area (Å²) in [6, 6.07) is 17.3. The van der Waals surface area contributed by atoms with Gasteiger partial charge in [0.15, 0.2) is 0 Å². The first kappa shape index (κ1) is 19.6. The van der Waals surface area contributed by atoms with Crippen LogP contribution in [0, 0.1) is 20.8 Å². The fourth-order valence-electron chi connectivity index (χ4n) is 3.89. The van der Waals surface area contributed by atoms with Crippen LogP contribution >= 0.6 is 0 Å². The van der Waals surface area contributed by atoms with Gasteiger partial charge in [0.2, 0.25) is 5.91 Å². The van der Waals surface area contributed by atoms with Gasteiger partial charge in [-0.1, -0.05) is 36.4 Å². The molecule has 0 unspecified atom stereocenters. The lowest BCUT2D eigenvalue weighted by atomic mass is 9.99. The highest BCUT2D eigenvalue weighted by molar-refractivity contribution is 5.94. The Hall–Kier alpha value is -3.67. The molecule has 4 rings (SSSR count). The van der Waals surface area contributed by atoms with Crippen molar-refractivity contribution in [2.45, 2.75) is 27.2 Å². The predicted molar refractivity (Wildman–Crippen MR) is 119 cm³/mol. The van der Waals surface area contributed by atoms with Gasteiger partial charge in [-0.25, -0.2) is 4.68 Å². The molecule has 0 spiro atoms. The first-order chi connectivity index (χ1) is 14.4. The second-order valence-electron chi connectivity index (χ2n) is 7.48. The van der Waals surface area contributed by atoms with Crippen molar-refractivity contribution in [2.24, 2.45) is 7.05 Å². The van der Waals surface area contributed by atoms with Crippen LogP contribution in [0.3, 0.4) is 0 Å². The van der Waals surface area contributed by atoms with Crippen molar-refractivity contribution in [1.29, 1.82) is 0 Å². The van der Waals surface area contributed by atoms with Crippen molar-refractivity contribution >= 4 is 22.5 Å². The maximum absolute atomic E-state index is 13.0. The number of hydrogen-bond acceptors (Lipinski definition) is 3. The zero-order valence-corrected chi connectivity index (χ0v) is 17.6. The number of nitrogens with one attached hydrogen (secondary N) is 1. The van der Waals surface area contributed by atoms with Crippen LogP contribution in [0.25, 0.3) is 16.6 Å². The summed E-state index contributed by atoms with van der Waals surface area (Å²) in [4.78, 5) is 30.5. The van der Waals surface area contributed by atoms with E-state index in [2.05, 4.69) is 10.3 Å². The molecule has 152 valence electrons. The maximum Gasteiger partial charge on any atom is 0.295 e. The van der Waals surface area contributed by atoms with E-state index < -0.39 is 0 Å². The lowest BCUT2D eigenvalue weighted by Gasteiger charge is -2.12. The predicted octanol–water partition coefficient (Wildman–Crippen LogP) is 3.83. The number of nitrogens with zero attached hydrogens (tertiary/aromatic N) is 3. The van der Waals surface area contributed by atoms with Gasteiger partial charge in [0.05, 0.1) is 23.3 Å². The van der Waals surface area contributed by atoms with E-state index in [4.69, 9.17) is 0 Å². The average Bonchev–Trinajstić information content (AvgIpc) is 2.95. The molecule has 1 amide bonds. The molecule has 0 aliphatic heterocycles. The van der Waals surface area contributed by atoms with E-state index >= 15 is 0 Å². The number of aromatic nitrogens is 3. The third-order valence-electron chi connectivity index (χ3n) is 5.64. The molecule has 0 atom stereocenters. The van der Waals surface area contributed by atoms with Crippen LogP contribution in [0.2, 0.25) is 0 Å². The number of pyridine rings is 1. The van der Waals surface area contributed by atoms with E-state index in [0.717, 1.165) is 33.4 Å². The second-order valence-corrected chi connectivity index (χ2v) is 7.48. The van der Waals surface area contributed by atoms with Crippen LogP contribution in [0.1, 0.15) is 22.5 Å². The number of carbonyl (C=O) groups excluding carboxylic acids is 1. The fourth-order valence-corrected chi connectivity index (χ4v) is 3.89. The van der Waals surface area contributed by atoms with E-state index in [1.54, 1.807) is 16.4 Å². The Balaban J connectivity index is 1.66. The number of rotatable bonds is 4. The Morgan fingerprint density at radius 2 is 1.67 bits per heavy atom. The molecule has 0 fully saturated rings. The van der Waals surface area contributed by atoms with Crippen molar-refractivity contribution in [3.05, 3.63) is 87.5 Å². The minimum absolute atomic E-state index is 0.161. The van der Waals surface area contributed by atoms with Crippen molar-refractivity contribution in [2.75, 3.05) is 5.32 Å². The largest absolute Gasteiger partial charge is 0.320 e. The van der Waals surface area contributed by atoms with E-state index in [1.165, 1.54) is 0 Å². The minimum atomic E-state index is -0.250. The van der Waals surface area contributed by atoms with Gasteiger partial charge in [0.25, 0.3) is 5.56 Å². The number of benzene rings is 2. The summed E-state index contributed by atoms with van der Waals surface area (Å²) in [6.45, 7) is 5.75. The van der Waals surface area contributed by atoms with Crippen LogP contribution in [-0.2, 0) is 18.3 Å². The quantitative estimate of drug-likeness (QED) is 0.566. The Morgan fingerprint density at radius 1 is 1.00 bits per heavy atom. The fraction of sp³-hybridized carbons (Fsp3) is 0.208. The second kappa shape index (κ2) is 7.63. The Bertz CT molecular complexity index is 1320. The molecule has 0 saturated heterocycles. The monoisotopic (exact) mass is 400 g/mol. The molecule has 0 saturated carbocycles. The summed E-state index contributed by atoms with van der Waals surface area (Å²) in [5.41, 5.74) is 5.17. The summed E-state index contributed by atoms with van der Waals surface area (Å²) < 4.78 is 3.31. The Kier molecular flexibility index (Phi) is 4.99. The van der Waals surface area contributed by atoms with Crippen molar-refractivity contribution in [3.8, 4) is 5.69 Å². The molecule has 0 aliphatic carbocycles. The SMILES string of the molecule is Cc1nc2ccccc2c(C)c1CC(=O)Nc1c(C)n(C)n(-c2ccccc2)c1=O. The highest BCUT2D eigenvalue weighted by Gasteiger charge is 2.19. The molecule has 30 heavy (non-hydrogen) atoms. The number of amides is 1. The molecule has 6 heteroatoms. The van der Waals surface area contributed by atoms with Gasteiger partial charge in [-0.15, -0.1) is 0 Å². The molecule has 0 radical (unpaired) electrons. The summed E-state index contributed by atoms with van der Waals surface area (Å²) >= 11 is 0. The summed E-state index contributed by atoms with van der Waals surface area (Å²) in [5.74, 6) is -0.232. The number of anilines is 1. The van der Waals surface area contributed by atoms with Crippen LogP contribution < -0.4 is 10.9 Å². The lowest BCUT2D eigenvalue weighted by Crippen LogP contribution is -2.24. The number of para-hydroxylation sites is 2. The summed E-state index contributed by atoms with van der Waals surface area (Å²) in [6.07, 6.45) is 0.161. The Morgan fingerprint density at radius 3 is 2.40 bits per heavy atom. The Labute approximate surface area is 174 Å². The van der Waals surface area contributed by atoms with Crippen LogP contribution in [0.4, 0.5) is 5.69 Å². The zero-order valence-electron chi connectivity index (χ0n) is 17.6. The third kappa shape index (κ3) is 3.30. The highest BCUT2D eigenvalue weighted by Crippen LogP contribution is 2.23. The van der Waals surface area contributed by atoms with Crippen molar-refractivity contribution in [3.63, 3.8) is 0 Å². The van der Waals surface area contributed by atoms with Gasteiger partial charge in [0.1, 0.15) is 5.69 Å². The summed E-state index contributed by atoms with van der Waals surface area (Å²) in [5, 5.41) is 3.87. The molecule has 2 aromatic heterocycles. The number of hydrogen-bond donors (Lipinski definition) is 1.